The predicted molar refractivity (Wildman–Crippen MR) is 114 cm³/mol. The summed E-state index contributed by atoms with van der Waals surface area (Å²) in [5.74, 6) is 0.205. The van der Waals surface area contributed by atoms with Crippen molar-refractivity contribution in [3.8, 4) is 34.0 Å². The van der Waals surface area contributed by atoms with Crippen molar-refractivity contribution in [1.29, 1.82) is 0 Å². The average Bonchev–Trinajstić information content (AvgIpc) is 3.17. The zero-order chi connectivity index (χ0) is 21.7. The summed E-state index contributed by atoms with van der Waals surface area (Å²) in [6.45, 7) is 4.64. The summed E-state index contributed by atoms with van der Waals surface area (Å²) >= 11 is 0. The third kappa shape index (κ3) is 4.46. The summed E-state index contributed by atoms with van der Waals surface area (Å²) < 4.78 is 13.0. The van der Waals surface area contributed by atoms with E-state index in [0.717, 1.165) is 11.3 Å². The predicted octanol–water partition coefficient (Wildman–Crippen LogP) is 4.09. The van der Waals surface area contributed by atoms with Gasteiger partial charge in [-0.15, -0.1) is 0 Å². The fourth-order valence-corrected chi connectivity index (χ4v) is 3.23. The fourth-order valence-electron chi connectivity index (χ4n) is 3.23. The van der Waals surface area contributed by atoms with Crippen molar-refractivity contribution in [3.05, 3.63) is 54.1 Å². The first-order chi connectivity index (χ1) is 14.5. The highest BCUT2D eigenvalue weighted by atomic mass is 16.5. The maximum absolute atomic E-state index is 11.5. The van der Waals surface area contributed by atoms with Crippen LogP contribution in [0.2, 0.25) is 0 Å². The maximum Gasteiger partial charge on any atom is 0.335 e. The highest BCUT2D eigenvalue weighted by molar-refractivity contribution is 5.90. The van der Waals surface area contributed by atoms with Gasteiger partial charge in [-0.05, 0) is 49.7 Å². The van der Waals surface area contributed by atoms with Crippen LogP contribution in [0.5, 0.6) is 11.5 Å². The van der Waals surface area contributed by atoms with Gasteiger partial charge in [0.15, 0.2) is 0 Å². The second kappa shape index (κ2) is 9.45. The summed E-state index contributed by atoms with van der Waals surface area (Å²) in [6, 6.07) is 14.2. The summed E-state index contributed by atoms with van der Waals surface area (Å²) in [6.07, 6.45) is 0.0162. The number of hydrogen-bond acceptors (Lipinski definition) is 5. The number of carboxylic acids is 1. The molecule has 0 aliphatic heterocycles. The smallest absolute Gasteiger partial charge is 0.335 e. The molecule has 0 aliphatic rings. The molecule has 7 heteroatoms. The lowest BCUT2D eigenvalue weighted by atomic mass is 10.0. The number of ether oxygens (including phenoxy) is 2. The van der Waals surface area contributed by atoms with E-state index < -0.39 is 12.1 Å². The zero-order valence-electron chi connectivity index (χ0n) is 17.3. The molecule has 0 radical (unpaired) electrons. The Hall–Kier alpha value is -3.32. The van der Waals surface area contributed by atoms with Crippen LogP contribution in [0.25, 0.3) is 22.5 Å². The van der Waals surface area contributed by atoms with Crippen LogP contribution in [-0.4, -0.2) is 45.8 Å². The second-order valence-corrected chi connectivity index (χ2v) is 6.81. The van der Waals surface area contributed by atoms with Crippen molar-refractivity contribution in [2.24, 2.45) is 0 Å². The normalized spacial score (nSPS) is 11.9. The van der Waals surface area contributed by atoms with Gasteiger partial charge in [0.25, 0.3) is 0 Å². The number of rotatable bonds is 9. The Morgan fingerprint density at radius 3 is 2.53 bits per heavy atom. The molecule has 1 aromatic heterocycles. The van der Waals surface area contributed by atoms with Gasteiger partial charge in [-0.2, -0.15) is 5.10 Å². The minimum atomic E-state index is -1.03. The van der Waals surface area contributed by atoms with Crippen molar-refractivity contribution in [1.82, 2.24) is 9.78 Å². The fraction of sp³-hybridized carbons (Fsp3) is 0.304. The molecule has 1 heterocycles. The number of benzene rings is 2. The molecule has 0 saturated carbocycles. The molecule has 0 fully saturated rings. The largest absolute Gasteiger partial charge is 0.496 e. The first kappa shape index (κ1) is 21.4. The van der Waals surface area contributed by atoms with Crippen molar-refractivity contribution in [2.75, 3.05) is 13.7 Å². The third-order valence-corrected chi connectivity index (χ3v) is 4.82. The van der Waals surface area contributed by atoms with Crippen LogP contribution in [0.1, 0.15) is 30.6 Å². The molecule has 7 nitrogen and oxygen atoms in total. The Labute approximate surface area is 175 Å². The molecule has 30 heavy (non-hydrogen) atoms. The molecule has 0 aliphatic carbocycles. The Kier molecular flexibility index (Phi) is 6.74. The monoisotopic (exact) mass is 410 g/mol. The lowest BCUT2D eigenvalue weighted by Gasteiger charge is -2.14. The summed E-state index contributed by atoms with van der Waals surface area (Å²) in [4.78, 5) is 11.5. The minimum Gasteiger partial charge on any atom is -0.496 e. The van der Waals surface area contributed by atoms with Crippen LogP contribution in [0.3, 0.4) is 0 Å². The number of methoxy groups -OCH3 is 1. The highest BCUT2D eigenvalue weighted by Gasteiger charge is 2.20. The van der Waals surface area contributed by atoms with E-state index in [2.05, 4.69) is 5.10 Å². The van der Waals surface area contributed by atoms with Crippen LogP contribution in [0.4, 0.5) is 0 Å². The van der Waals surface area contributed by atoms with Crippen LogP contribution in [0, 0.1) is 0 Å². The molecule has 158 valence electrons. The Morgan fingerprint density at radius 1 is 1.10 bits per heavy atom. The number of para-hydroxylation sites is 1. The van der Waals surface area contributed by atoms with Gasteiger partial charge in [-0.1, -0.05) is 19.1 Å². The lowest BCUT2D eigenvalue weighted by molar-refractivity contribution is 0.0697. The quantitative estimate of drug-likeness (QED) is 0.552. The Bertz CT molecular complexity index is 1030. The summed E-state index contributed by atoms with van der Waals surface area (Å²) in [7, 11) is 1.53. The van der Waals surface area contributed by atoms with Gasteiger partial charge in [-0.25, -0.2) is 4.79 Å². The number of aliphatic hydroxyl groups excluding tert-OH is 1. The first-order valence-corrected chi connectivity index (χ1v) is 9.88. The van der Waals surface area contributed by atoms with Crippen LogP contribution < -0.4 is 9.47 Å². The van der Waals surface area contributed by atoms with E-state index in [0.29, 0.717) is 42.3 Å². The summed E-state index contributed by atoms with van der Waals surface area (Å²) in [5.41, 5.74) is 2.88. The minimum absolute atomic E-state index is 0.144. The number of aliphatic hydroxyl groups is 1. The van der Waals surface area contributed by atoms with Gasteiger partial charge in [0.1, 0.15) is 11.5 Å². The van der Waals surface area contributed by atoms with E-state index >= 15 is 0 Å². The van der Waals surface area contributed by atoms with Gasteiger partial charge >= 0.3 is 5.97 Å². The lowest BCUT2D eigenvalue weighted by Crippen LogP contribution is -2.16. The molecular weight excluding hydrogens is 384 g/mol. The highest BCUT2D eigenvalue weighted by Crippen LogP contribution is 2.36. The Balaban J connectivity index is 2.19. The van der Waals surface area contributed by atoms with Crippen LogP contribution in [0.15, 0.2) is 48.5 Å². The molecule has 3 rings (SSSR count). The molecule has 0 bridgehead atoms. The number of hydrogen-bond donors (Lipinski definition) is 2. The third-order valence-electron chi connectivity index (χ3n) is 4.82. The molecular formula is C23H26N2O5. The van der Waals surface area contributed by atoms with Crippen molar-refractivity contribution < 1.29 is 24.5 Å². The second-order valence-electron chi connectivity index (χ2n) is 6.81. The van der Waals surface area contributed by atoms with Crippen molar-refractivity contribution in [2.45, 2.75) is 32.9 Å². The number of aromatic carboxylic acids is 1. The zero-order valence-corrected chi connectivity index (χ0v) is 17.3. The Morgan fingerprint density at radius 2 is 1.87 bits per heavy atom. The molecule has 1 atom stereocenters. The van der Waals surface area contributed by atoms with Gasteiger partial charge in [0.05, 0.1) is 43.3 Å². The molecule has 0 amide bonds. The van der Waals surface area contributed by atoms with E-state index in [1.54, 1.807) is 16.8 Å². The van der Waals surface area contributed by atoms with Gasteiger partial charge < -0.3 is 19.7 Å². The maximum atomic E-state index is 11.5. The van der Waals surface area contributed by atoms with E-state index in [-0.39, 0.29) is 5.56 Å². The molecule has 0 unspecified atom stereocenters. The topological polar surface area (TPSA) is 93.8 Å². The molecule has 0 spiro atoms. The van der Waals surface area contributed by atoms with E-state index in [9.17, 15) is 15.0 Å². The average molecular weight is 410 g/mol. The molecule has 2 N–H and O–H groups in total. The standard InChI is InChI=1S/C23H26N2O5/c1-4-16(26)14-25-20(17-8-6-7-9-22(17)30-5-2)13-19(24-25)18-12-15(23(27)28)10-11-21(18)29-3/h6-13,16,26H,4-5,14H2,1-3H3,(H,27,28)/t16-/m1/s1. The molecule has 2 aromatic carbocycles. The van der Waals surface area contributed by atoms with Crippen molar-refractivity contribution in [3.63, 3.8) is 0 Å². The summed E-state index contributed by atoms with van der Waals surface area (Å²) in [5, 5.41) is 24.3. The van der Waals surface area contributed by atoms with Gasteiger partial charge in [0.2, 0.25) is 0 Å². The van der Waals surface area contributed by atoms with Crippen LogP contribution >= 0.6 is 0 Å². The number of carboxylic acid groups (broad SMARTS) is 1. The van der Waals surface area contributed by atoms with E-state index in [1.807, 2.05) is 44.2 Å². The number of nitrogens with zero attached hydrogens (tertiary/aromatic N) is 2. The number of carbonyl (C=O) groups is 1. The SMILES string of the molecule is CCOc1ccccc1-c1cc(-c2cc(C(=O)O)ccc2OC)nn1C[C@H](O)CC. The van der Waals surface area contributed by atoms with Crippen LogP contribution in [-0.2, 0) is 6.54 Å². The van der Waals surface area contributed by atoms with E-state index in [1.165, 1.54) is 13.2 Å². The molecule has 0 saturated heterocycles. The number of aromatic nitrogens is 2. The van der Waals surface area contributed by atoms with E-state index in [4.69, 9.17) is 9.47 Å². The molecule has 3 aromatic rings. The van der Waals surface area contributed by atoms with Gasteiger partial charge in [0, 0.05) is 11.1 Å². The van der Waals surface area contributed by atoms with Gasteiger partial charge in [-0.3, -0.25) is 4.68 Å². The first-order valence-electron chi connectivity index (χ1n) is 9.88. The van der Waals surface area contributed by atoms with Crippen molar-refractivity contribution >= 4 is 5.97 Å².